The summed E-state index contributed by atoms with van der Waals surface area (Å²) in [5, 5.41) is 0. The molecule has 4 nitrogen and oxygen atoms in total. The lowest BCUT2D eigenvalue weighted by Crippen LogP contribution is -2.39. The van der Waals surface area contributed by atoms with E-state index in [1.54, 1.807) is 0 Å². The summed E-state index contributed by atoms with van der Waals surface area (Å²) in [5.41, 5.74) is -0.380. The van der Waals surface area contributed by atoms with Crippen molar-refractivity contribution in [2.75, 3.05) is 19.8 Å². The van der Waals surface area contributed by atoms with Gasteiger partial charge in [0.2, 0.25) is 0 Å². The molecule has 0 aromatic carbocycles. The highest BCUT2D eigenvalue weighted by Crippen LogP contribution is 2.46. The summed E-state index contributed by atoms with van der Waals surface area (Å²) >= 11 is 3.42. The van der Waals surface area contributed by atoms with Gasteiger partial charge in [0, 0.05) is 11.8 Å². The third-order valence-corrected chi connectivity index (χ3v) is 5.25. The number of carbonyl (C=O) groups is 1. The minimum Gasteiger partial charge on any atom is -0.497 e. The predicted molar refractivity (Wildman–Crippen MR) is 79.4 cm³/mol. The average Bonchev–Trinajstić information content (AvgIpc) is 2.94. The van der Waals surface area contributed by atoms with Crippen molar-refractivity contribution in [1.29, 1.82) is 0 Å². The van der Waals surface area contributed by atoms with Gasteiger partial charge in [-0.3, -0.25) is 4.79 Å². The summed E-state index contributed by atoms with van der Waals surface area (Å²) in [4.78, 5) is 12.7. The molecule has 114 valence electrons. The number of carbonyl (C=O) groups excluding carboxylic acids is 1. The van der Waals surface area contributed by atoms with Gasteiger partial charge in [0.15, 0.2) is 12.1 Å². The molecule has 0 radical (unpaired) electrons. The predicted octanol–water partition coefficient (Wildman–Crippen LogP) is 3.40. The molecule has 1 aliphatic heterocycles. The second-order valence-electron chi connectivity index (χ2n) is 5.73. The standard InChI is InChI=1S/C15H23BrO4/c1-4-18-11-9-10(2)15(3,14(17)13(11)16)6-5-12-19-7-8-20-12/h10,12H,4-9H2,1-3H3/t10-,15+/m1/s1. The molecule has 2 rings (SSSR count). The van der Waals surface area contributed by atoms with E-state index in [4.69, 9.17) is 14.2 Å². The number of hydrogen-bond donors (Lipinski definition) is 0. The van der Waals surface area contributed by atoms with Crippen LogP contribution in [0.5, 0.6) is 0 Å². The van der Waals surface area contributed by atoms with E-state index in [9.17, 15) is 4.79 Å². The molecule has 2 atom stereocenters. The van der Waals surface area contributed by atoms with Crippen LogP contribution in [0.1, 0.15) is 40.0 Å². The van der Waals surface area contributed by atoms with Crippen LogP contribution in [-0.4, -0.2) is 31.9 Å². The van der Waals surface area contributed by atoms with Gasteiger partial charge >= 0.3 is 0 Å². The number of Topliss-reactive ketones (excluding diaryl/α,β-unsaturated/α-hetero) is 1. The molecular formula is C15H23BrO4. The highest BCUT2D eigenvalue weighted by Gasteiger charge is 2.45. The molecule has 0 saturated carbocycles. The zero-order valence-electron chi connectivity index (χ0n) is 12.4. The second-order valence-corrected chi connectivity index (χ2v) is 6.52. The average molecular weight is 347 g/mol. The van der Waals surface area contributed by atoms with E-state index in [1.807, 2.05) is 13.8 Å². The van der Waals surface area contributed by atoms with Crippen LogP contribution in [0.15, 0.2) is 10.2 Å². The molecule has 1 saturated heterocycles. The van der Waals surface area contributed by atoms with Gasteiger partial charge in [-0.15, -0.1) is 0 Å². The summed E-state index contributed by atoms with van der Waals surface area (Å²) in [6, 6.07) is 0. The van der Waals surface area contributed by atoms with Crippen molar-refractivity contribution in [3.63, 3.8) is 0 Å². The van der Waals surface area contributed by atoms with Crippen molar-refractivity contribution < 1.29 is 19.0 Å². The van der Waals surface area contributed by atoms with E-state index in [1.165, 1.54) is 0 Å². The zero-order valence-corrected chi connectivity index (χ0v) is 14.0. The molecule has 2 aliphatic rings. The van der Waals surface area contributed by atoms with Gasteiger partial charge in [0.25, 0.3) is 0 Å². The van der Waals surface area contributed by atoms with Crippen molar-refractivity contribution >= 4 is 21.7 Å². The van der Waals surface area contributed by atoms with Crippen LogP contribution in [0.2, 0.25) is 0 Å². The van der Waals surface area contributed by atoms with Crippen LogP contribution in [0.25, 0.3) is 0 Å². The molecule has 0 spiro atoms. The Bertz CT molecular complexity index is 401. The van der Waals surface area contributed by atoms with E-state index in [-0.39, 0.29) is 23.4 Å². The Morgan fingerprint density at radius 1 is 1.40 bits per heavy atom. The van der Waals surface area contributed by atoms with Crippen LogP contribution < -0.4 is 0 Å². The molecule has 0 aromatic rings. The number of ketones is 1. The minimum absolute atomic E-state index is 0.137. The zero-order chi connectivity index (χ0) is 14.8. The fourth-order valence-corrected chi connectivity index (χ4v) is 3.57. The number of allylic oxidation sites excluding steroid dienone is 2. The first kappa shape index (κ1) is 16.0. The van der Waals surface area contributed by atoms with Gasteiger partial charge in [0.05, 0.1) is 24.3 Å². The smallest absolute Gasteiger partial charge is 0.179 e. The quantitative estimate of drug-likeness (QED) is 0.765. The first-order valence-electron chi connectivity index (χ1n) is 7.28. The lowest BCUT2D eigenvalue weighted by atomic mass is 9.67. The molecule has 1 fully saturated rings. The van der Waals surface area contributed by atoms with Gasteiger partial charge < -0.3 is 14.2 Å². The van der Waals surface area contributed by atoms with Crippen LogP contribution in [-0.2, 0) is 19.0 Å². The fourth-order valence-electron chi connectivity index (χ4n) is 2.84. The normalized spacial score (nSPS) is 32.0. The molecule has 5 heteroatoms. The molecule has 1 aliphatic carbocycles. The largest absolute Gasteiger partial charge is 0.497 e. The lowest BCUT2D eigenvalue weighted by molar-refractivity contribution is -0.129. The fraction of sp³-hybridized carbons (Fsp3) is 0.800. The highest BCUT2D eigenvalue weighted by molar-refractivity contribution is 9.12. The van der Waals surface area contributed by atoms with E-state index in [2.05, 4.69) is 22.9 Å². The Labute approximate surface area is 129 Å². The topological polar surface area (TPSA) is 44.8 Å². The molecule has 0 amide bonds. The number of rotatable bonds is 5. The summed E-state index contributed by atoms with van der Waals surface area (Å²) < 4.78 is 17.1. The third kappa shape index (κ3) is 3.10. The molecule has 0 N–H and O–H groups in total. The van der Waals surface area contributed by atoms with Crippen molar-refractivity contribution in [2.45, 2.75) is 46.3 Å². The van der Waals surface area contributed by atoms with Crippen LogP contribution in [0, 0.1) is 11.3 Å². The SMILES string of the molecule is CCOC1=C(Br)C(=O)[C@@](C)(CCC2OCCO2)[C@H](C)C1. The monoisotopic (exact) mass is 346 g/mol. The van der Waals surface area contributed by atoms with Gasteiger partial charge in [-0.1, -0.05) is 13.8 Å². The van der Waals surface area contributed by atoms with Crippen molar-refractivity contribution in [3.05, 3.63) is 10.2 Å². The van der Waals surface area contributed by atoms with Crippen LogP contribution >= 0.6 is 15.9 Å². The van der Waals surface area contributed by atoms with Gasteiger partial charge in [-0.2, -0.15) is 0 Å². The van der Waals surface area contributed by atoms with Gasteiger partial charge in [-0.25, -0.2) is 0 Å². The van der Waals surface area contributed by atoms with Crippen molar-refractivity contribution in [1.82, 2.24) is 0 Å². The van der Waals surface area contributed by atoms with E-state index >= 15 is 0 Å². The molecule has 0 bridgehead atoms. The Kier molecular flexibility index (Phi) is 5.26. The highest BCUT2D eigenvalue weighted by atomic mass is 79.9. The lowest BCUT2D eigenvalue weighted by Gasteiger charge is -2.39. The molecule has 20 heavy (non-hydrogen) atoms. The molecule has 1 heterocycles. The second kappa shape index (κ2) is 6.58. The van der Waals surface area contributed by atoms with Crippen LogP contribution in [0.3, 0.4) is 0 Å². The molecule has 0 aromatic heterocycles. The maximum atomic E-state index is 12.7. The molecular weight excluding hydrogens is 324 g/mol. The number of hydrogen-bond acceptors (Lipinski definition) is 4. The summed E-state index contributed by atoms with van der Waals surface area (Å²) in [5.74, 6) is 1.17. The van der Waals surface area contributed by atoms with Crippen LogP contribution in [0.4, 0.5) is 0 Å². The Balaban J connectivity index is 2.07. The Hall–Kier alpha value is -0.390. The maximum Gasteiger partial charge on any atom is 0.179 e. The Morgan fingerprint density at radius 2 is 2.05 bits per heavy atom. The van der Waals surface area contributed by atoms with E-state index in [0.717, 1.165) is 25.0 Å². The summed E-state index contributed by atoms with van der Waals surface area (Å²) in [7, 11) is 0. The van der Waals surface area contributed by atoms with Crippen molar-refractivity contribution in [2.24, 2.45) is 11.3 Å². The summed E-state index contributed by atoms with van der Waals surface area (Å²) in [6.07, 6.45) is 2.18. The minimum atomic E-state index is -0.380. The Morgan fingerprint density at radius 3 is 2.65 bits per heavy atom. The van der Waals surface area contributed by atoms with Crippen molar-refractivity contribution in [3.8, 4) is 0 Å². The summed E-state index contributed by atoms with van der Waals surface area (Å²) in [6.45, 7) is 7.99. The number of ether oxygens (including phenoxy) is 3. The van der Waals surface area contributed by atoms with E-state index in [0.29, 0.717) is 24.3 Å². The number of halogens is 1. The van der Waals surface area contributed by atoms with Gasteiger partial charge in [-0.05, 0) is 41.6 Å². The first-order valence-corrected chi connectivity index (χ1v) is 8.07. The third-order valence-electron chi connectivity index (χ3n) is 4.45. The maximum absolute atomic E-state index is 12.7. The first-order chi connectivity index (χ1) is 9.49. The van der Waals surface area contributed by atoms with Gasteiger partial charge in [0.1, 0.15) is 5.76 Å². The van der Waals surface area contributed by atoms with E-state index < -0.39 is 0 Å². The molecule has 0 unspecified atom stereocenters.